The second-order valence-corrected chi connectivity index (χ2v) is 7.70. The Bertz CT molecular complexity index is 656. The number of carboxylic acid groups (broad SMARTS) is 1. The minimum Gasteiger partial charge on any atom is -0.481 e. The molecular weight excluding hydrogens is 280 g/mol. The molecule has 0 amide bonds. The summed E-state index contributed by atoms with van der Waals surface area (Å²) in [5, 5.41) is 9.06. The molecule has 0 aromatic carbocycles. The number of carbonyl (C=O) groups is 1. The molecular formula is C13H18N2O4S. The zero-order chi connectivity index (χ0) is 15.1. The summed E-state index contributed by atoms with van der Waals surface area (Å²) in [6.45, 7) is 3.44. The van der Waals surface area contributed by atoms with Crippen LogP contribution in [0.5, 0.6) is 0 Å². The van der Waals surface area contributed by atoms with Gasteiger partial charge in [-0.3, -0.25) is 4.79 Å². The lowest BCUT2D eigenvalue weighted by molar-refractivity contribution is -0.147. The lowest BCUT2D eigenvalue weighted by Crippen LogP contribution is -2.24. The maximum atomic E-state index is 11.6. The highest BCUT2D eigenvalue weighted by molar-refractivity contribution is 7.90. The summed E-state index contributed by atoms with van der Waals surface area (Å²) in [6.07, 6.45) is 2.82. The van der Waals surface area contributed by atoms with Gasteiger partial charge in [0.25, 0.3) is 0 Å². The molecule has 1 heterocycles. The molecule has 2 atom stereocenters. The molecule has 0 aliphatic heterocycles. The molecule has 0 radical (unpaired) electrons. The number of hydrogen-bond acceptors (Lipinski definition) is 5. The van der Waals surface area contributed by atoms with E-state index in [-0.39, 0.29) is 11.1 Å². The number of nitrogens with zero attached hydrogens (tertiary/aromatic N) is 2. The average molecular weight is 298 g/mol. The minimum absolute atomic E-state index is 0.0294. The number of aliphatic carboxylic acids is 1. The Morgan fingerprint density at radius 1 is 1.45 bits per heavy atom. The van der Waals surface area contributed by atoms with Gasteiger partial charge in [-0.2, -0.15) is 0 Å². The number of rotatable bonds is 3. The number of hydrogen-bond donors (Lipinski definition) is 1. The number of sulfone groups is 1. The van der Waals surface area contributed by atoms with Crippen molar-refractivity contribution in [3.05, 3.63) is 17.5 Å². The Morgan fingerprint density at radius 3 is 2.60 bits per heavy atom. The monoisotopic (exact) mass is 298 g/mol. The van der Waals surface area contributed by atoms with E-state index in [0.29, 0.717) is 30.7 Å². The van der Waals surface area contributed by atoms with E-state index < -0.39 is 21.2 Å². The van der Waals surface area contributed by atoms with E-state index in [1.54, 1.807) is 19.9 Å². The molecule has 0 saturated heterocycles. The zero-order valence-corrected chi connectivity index (χ0v) is 12.6. The van der Waals surface area contributed by atoms with Crippen molar-refractivity contribution >= 4 is 15.8 Å². The van der Waals surface area contributed by atoms with Crippen molar-refractivity contribution < 1.29 is 18.3 Å². The molecule has 2 rings (SSSR count). The third-order valence-corrected chi connectivity index (χ3v) is 4.71. The molecule has 1 N–H and O–H groups in total. The van der Waals surface area contributed by atoms with Crippen molar-refractivity contribution in [2.24, 2.45) is 5.41 Å². The zero-order valence-electron chi connectivity index (χ0n) is 11.8. The van der Waals surface area contributed by atoms with Crippen LogP contribution >= 0.6 is 0 Å². The Labute approximate surface area is 118 Å². The summed E-state index contributed by atoms with van der Waals surface area (Å²) in [6, 6.07) is 1.74. The highest BCUT2D eigenvalue weighted by Crippen LogP contribution is 2.46. The highest BCUT2D eigenvalue weighted by atomic mass is 32.2. The number of aromatic nitrogens is 2. The van der Waals surface area contributed by atoms with Gasteiger partial charge in [-0.15, -0.1) is 0 Å². The highest BCUT2D eigenvalue weighted by Gasteiger charge is 2.42. The van der Waals surface area contributed by atoms with Crippen molar-refractivity contribution in [2.45, 2.75) is 44.2 Å². The summed E-state index contributed by atoms with van der Waals surface area (Å²) < 4.78 is 23.1. The van der Waals surface area contributed by atoms with Crippen LogP contribution in [0.1, 0.15) is 43.5 Å². The standard InChI is InChI=1S/C13H18N2O4S/c1-8-6-10(15-12(14-8)20(3,18)19)9-4-5-13(2,7-9)11(16)17/h6,9H,4-5,7H2,1-3H3,(H,16,17)/t9-,13-/m0/s1. The van der Waals surface area contributed by atoms with Crippen molar-refractivity contribution in [1.82, 2.24) is 9.97 Å². The molecule has 7 heteroatoms. The summed E-state index contributed by atoms with van der Waals surface area (Å²) in [5.74, 6) is -0.840. The van der Waals surface area contributed by atoms with Crippen LogP contribution in [0.25, 0.3) is 0 Å². The van der Waals surface area contributed by atoms with Gasteiger partial charge in [0.2, 0.25) is 15.0 Å². The molecule has 1 aliphatic carbocycles. The predicted octanol–water partition coefficient (Wildman–Crippen LogP) is 1.55. The molecule has 0 bridgehead atoms. The molecule has 0 spiro atoms. The smallest absolute Gasteiger partial charge is 0.309 e. The van der Waals surface area contributed by atoms with Crippen LogP contribution in [0.3, 0.4) is 0 Å². The van der Waals surface area contributed by atoms with Crippen molar-refractivity contribution in [1.29, 1.82) is 0 Å². The Morgan fingerprint density at radius 2 is 2.10 bits per heavy atom. The third-order valence-electron chi connectivity index (χ3n) is 3.86. The summed E-state index contributed by atoms with van der Waals surface area (Å²) >= 11 is 0. The fraction of sp³-hybridized carbons (Fsp3) is 0.615. The Hall–Kier alpha value is -1.50. The van der Waals surface area contributed by atoms with E-state index in [4.69, 9.17) is 0 Å². The Kier molecular flexibility index (Phi) is 3.58. The summed E-state index contributed by atoms with van der Waals surface area (Å²) in [5.41, 5.74) is 0.455. The van der Waals surface area contributed by atoms with Gasteiger partial charge < -0.3 is 5.11 Å². The van der Waals surface area contributed by atoms with Gasteiger partial charge >= 0.3 is 5.97 Å². The van der Waals surface area contributed by atoms with Gasteiger partial charge in [-0.05, 0) is 39.2 Å². The SMILES string of the molecule is Cc1cc([C@H]2CC[C@](C)(C(=O)O)C2)nc(S(C)(=O)=O)n1. The largest absolute Gasteiger partial charge is 0.481 e. The second-order valence-electron chi connectivity index (χ2n) is 5.79. The molecule has 6 nitrogen and oxygen atoms in total. The molecule has 1 aromatic heterocycles. The lowest BCUT2D eigenvalue weighted by atomic mass is 9.87. The van der Waals surface area contributed by atoms with Crippen LogP contribution in [-0.2, 0) is 14.6 Å². The first-order chi connectivity index (χ1) is 9.12. The first-order valence-electron chi connectivity index (χ1n) is 6.41. The first-order valence-corrected chi connectivity index (χ1v) is 8.30. The van der Waals surface area contributed by atoms with Gasteiger partial charge in [-0.1, -0.05) is 0 Å². The molecule has 1 saturated carbocycles. The maximum absolute atomic E-state index is 11.6. The summed E-state index contributed by atoms with van der Waals surface area (Å²) in [7, 11) is -3.46. The van der Waals surface area contributed by atoms with Gasteiger partial charge in [0.15, 0.2) is 0 Å². The molecule has 1 aromatic rings. The lowest BCUT2D eigenvalue weighted by Gasteiger charge is -2.18. The average Bonchev–Trinajstić information content (AvgIpc) is 2.71. The van der Waals surface area contributed by atoms with Crippen LogP contribution in [0, 0.1) is 12.3 Å². The third kappa shape index (κ3) is 2.82. The second kappa shape index (κ2) is 4.80. The summed E-state index contributed by atoms with van der Waals surface area (Å²) in [4.78, 5) is 19.3. The van der Waals surface area contributed by atoms with Crippen molar-refractivity contribution in [3.63, 3.8) is 0 Å². The molecule has 110 valence electrons. The van der Waals surface area contributed by atoms with E-state index in [1.165, 1.54) is 0 Å². The molecule has 1 aliphatic rings. The first kappa shape index (κ1) is 14.9. The van der Waals surface area contributed by atoms with Crippen molar-refractivity contribution in [3.8, 4) is 0 Å². The fourth-order valence-electron chi connectivity index (χ4n) is 2.63. The predicted molar refractivity (Wildman–Crippen MR) is 72.2 cm³/mol. The number of aryl methyl sites for hydroxylation is 1. The van der Waals surface area contributed by atoms with Crippen LogP contribution in [-0.4, -0.2) is 35.7 Å². The van der Waals surface area contributed by atoms with Gasteiger partial charge in [0.1, 0.15) is 0 Å². The van der Waals surface area contributed by atoms with Gasteiger partial charge in [-0.25, -0.2) is 18.4 Å². The van der Waals surface area contributed by atoms with E-state index in [1.807, 2.05) is 0 Å². The van der Waals surface area contributed by atoms with Crippen LogP contribution < -0.4 is 0 Å². The minimum atomic E-state index is -3.46. The van der Waals surface area contributed by atoms with Crippen LogP contribution in [0.2, 0.25) is 0 Å². The molecule has 0 unspecified atom stereocenters. The molecule has 1 fully saturated rings. The van der Waals surface area contributed by atoms with Crippen molar-refractivity contribution in [2.75, 3.05) is 6.26 Å². The number of carboxylic acids is 1. The van der Waals surface area contributed by atoms with Gasteiger partial charge in [0.05, 0.1) is 5.41 Å². The van der Waals surface area contributed by atoms with Gasteiger partial charge in [0, 0.05) is 23.6 Å². The van der Waals surface area contributed by atoms with E-state index in [2.05, 4.69) is 9.97 Å². The maximum Gasteiger partial charge on any atom is 0.309 e. The quantitative estimate of drug-likeness (QED) is 0.850. The Balaban J connectivity index is 2.36. The topological polar surface area (TPSA) is 97.2 Å². The van der Waals surface area contributed by atoms with E-state index in [9.17, 15) is 18.3 Å². The normalized spacial score (nSPS) is 26.6. The van der Waals surface area contributed by atoms with E-state index in [0.717, 1.165) is 6.26 Å². The van der Waals surface area contributed by atoms with E-state index >= 15 is 0 Å². The molecule has 20 heavy (non-hydrogen) atoms. The fourth-order valence-corrected chi connectivity index (χ4v) is 3.21. The van der Waals surface area contributed by atoms with Crippen LogP contribution in [0.4, 0.5) is 0 Å². The van der Waals surface area contributed by atoms with Crippen LogP contribution in [0.15, 0.2) is 11.2 Å².